The minimum Gasteiger partial charge on any atom is -0.384 e. The Balaban J connectivity index is 2.06. The van der Waals surface area contributed by atoms with Gasteiger partial charge in [0, 0.05) is 25.4 Å². The van der Waals surface area contributed by atoms with Gasteiger partial charge in [0.15, 0.2) is 0 Å². The molecular formula is C15H15N3O2. The fraction of sp³-hybridized carbons (Fsp3) is 0.200. The fourth-order valence-corrected chi connectivity index (χ4v) is 1.73. The van der Waals surface area contributed by atoms with E-state index >= 15 is 0 Å². The number of aromatic nitrogens is 2. The summed E-state index contributed by atoms with van der Waals surface area (Å²) in [7, 11) is 1.81. The molecule has 1 aromatic heterocycles. The molecule has 5 heteroatoms. The molecule has 0 atom stereocenters. The molecular weight excluding hydrogens is 254 g/mol. The van der Waals surface area contributed by atoms with E-state index in [0.717, 1.165) is 11.1 Å². The van der Waals surface area contributed by atoms with Crippen LogP contribution in [0.15, 0.2) is 36.8 Å². The summed E-state index contributed by atoms with van der Waals surface area (Å²) in [5, 5.41) is 11.5. The highest BCUT2D eigenvalue weighted by molar-refractivity contribution is 5.91. The molecule has 1 amide bonds. The van der Waals surface area contributed by atoms with Gasteiger partial charge in [-0.1, -0.05) is 30.0 Å². The van der Waals surface area contributed by atoms with Crippen LogP contribution in [-0.2, 0) is 13.6 Å². The van der Waals surface area contributed by atoms with Gasteiger partial charge >= 0.3 is 0 Å². The van der Waals surface area contributed by atoms with Crippen LogP contribution in [0.5, 0.6) is 0 Å². The molecule has 2 rings (SSSR count). The Morgan fingerprint density at radius 1 is 1.45 bits per heavy atom. The van der Waals surface area contributed by atoms with Crippen molar-refractivity contribution in [1.82, 2.24) is 14.9 Å². The molecule has 0 spiro atoms. The van der Waals surface area contributed by atoms with Crippen LogP contribution < -0.4 is 5.32 Å². The Morgan fingerprint density at radius 3 is 2.95 bits per heavy atom. The summed E-state index contributed by atoms with van der Waals surface area (Å²) >= 11 is 0. The molecule has 2 N–H and O–H groups in total. The summed E-state index contributed by atoms with van der Waals surface area (Å²) in [6.45, 7) is 0.181. The van der Waals surface area contributed by atoms with E-state index in [1.807, 2.05) is 31.3 Å². The third-order valence-electron chi connectivity index (χ3n) is 2.70. The zero-order chi connectivity index (χ0) is 14.4. The van der Waals surface area contributed by atoms with E-state index in [1.165, 1.54) is 0 Å². The molecule has 0 aliphatic rings. The third-order valence-corrected chi connectivity index (χ3v) is 2.70. The molecule has 5 nitrogen and oxygen atoms in total. The Kier molecular flexibility index (Phi) is 4.53. The first-order valence-electron chi connectivity index (χ1n) is 6.14. The van der Waals surface area contributed by atoms with Gasteiger partial charge in [-0.05, 0) is 11.6 Å². The van der Waals surface area contributed by atoms with Crippen LogP contribution >= 0.6 is 0 Å². The summed E-state index contributed by atoms with van der Waals surface area (Å²) in [6.07, 6.45) is 3.24. The van der Waals surface area contributed by atoms with E-state index in [-0.39, 0.29) is 12.5 Å². The highest BCUT2D eigenvalue weighted by Crippen LogP contribution is 2.07. The van der Waals surface area contributed by atoms with E-state index in [4.69, 9.17) is 5.11 Å². The summed E-state index contributed by atoms with van der Waals surface area (Å²) in [5.74, 6) is 5.24. The van der Waals surface area contributed by atoms with Crippen LogP contribution in [0.2, 0.25) is 0 Å². The lowest BCUT2D eigenvalue weighted by molar-refractivity contribution is 0.0946. The number of aliphatic hydroxyl groups is 1. The average Bonchev–Trinajstić information content (AvgIpc) is 2.90. The fourth-order valence-electron chi connectivity index (χ4n) is 1.73. The number of carbonyl (C=O) groups excluding carboxylic acids is 1. The van der Waals surface area contributed by atoms with Gasteiger partial charge in [0.05, 0.1) is 6.33 Å². The zero-order valence-electron chi connectivity index (χ0n) is 11.1. The van der Waals surface area contributed by atoms with Crippen molar-refractivity contribution in [2.24, 2.45) is 7.05 Å². The van der Waals surface area contributed by atoms with Gasteiger partial charge in [0.1, 0.15) is 12.3 Å². The summed E-state index contributed by atoms with van der Waals surface area (Å²) in [4.78, 5) is 15.9. The van der Waals surface area contributed by atoms with Crippen molar-refractivity contribution in [3.63, 3.8) is 0 Å². The smallest absolute Gasteiger partial charge is 0.271 e. The highest BCUT2D eigenvalue weighted by Gasteiger charge is 2.08. The molecule has 102 valence electrons. The Labute approximate surface area is 117 Å². The maximum Gasteiger partial charge on any atom is 0.271 e. The minimum atomic E-state index is -0.226. The van der Waals surface area contributed by atoms with Crippen LogP contribution in [-0.4, -0.2) is 27.2 Å². The highest BCUT2D eigenvalue weighted by atomic mass is 16.2. The van der Waals surface area contributed by atoms with Crippen molar-refractivity contribution >= 4 is 5.91 Å². The van der Waals surface area contributed by atoms with Gasteiger partial charge < -0.3 is 15.0 Å². The van der Waals surface area contributed by atoms with Gasteiger partial charge in [-0.15, -0.1) is 0 Å². The molecule has 0 bridgehead atoms. The molecule has 1 heterocycles. The Hall–Kier alpha value is -2.58. The molecule has 0 saturated heterocycles. The number of amides is 1. The predicted octanol–water partition coefficient (Wildman–Crippen LogP) is 0.694. The van der Waals surface area contributed by atoms with Crippen LogP contribution in [0.4, 0.5) is 0 Å². The van der Waals surface area contributed by atoms with E-state index in [9.17, 15) is 4.79 Å². The van der Waals surface area contributed by atoms with Crippen molar-refractivity contribution in [2.75, 3.05) is 6.61 Å². The van der Waals surface area contributed by atoms with Crippen LogP contribution in [0.25, 0.3) is 0 Å². The second-order valence-corrected chi connectivity index (χ2v) is 4.22. The quantitative estimate of drug-likeness (QED) is 0.806. The molecule has 0 saturated carbocycles. The molecule has 0 aliphatic carbocycles. The molecule has 0 unspecified atom stereocenters. The number of nitrogens with one attached hydrogen (secondary N) is 1. The number of carbonyl (C=O) groups is 1. The normalized spacial score (nSPS) is 9.70. The summed E-state index contributed by atoms with van der Waals surface area (Å²) in [5.41, 5.74) is 2.08. The van der Waals surface area contributed by atoms with Gasteiger partial charge in [0.25, 0.3) is 5.91 Å². The number of aliphatic hydroxyl groups excluding tert-OH is 1. The number of imidazole rings is 1. The standard InChI is InChI=1S/C15H15N3O2/c1-18-10-14(17-11-18)15(20)16-9-13-6-3-2-5-12(13)7-4-8-19/h2-3,5-6,10-11,19H,8-9H2,1H3,(H,16,20). The SMILES string of the molecule is Cn1cnc(C(=O)NCc2ccccc2C#CCO)c1. The van der Waals surface area contributed by atoms with Crippen molar-refractivity contribution in [1.29, 1.82) is 0 Å². The molecule has 0 fully saturated rings. The van der Waals surface area contributed by atoms with Gasteiger partial charge in [0.2, 0.25) is 0 Å². The second kappa shape index (κ2) is 6.55. The number of benzene rings is 1. The Bertz CT molecular complexity index is 665. The molecule has 2 aromatic rings. The topological polar surface area (TPSA) is 67.2 Å². The number of nitrogens with zero attached hydrogens (tertiary/aromatic N) is 2. The lowest BCUT2D eigenvalue weighted by Gasteiger charge is -2.05. The van der Waals surface area contributed by atoms with Crippen LogP contribution in [0, 0.1) is 11.8 Å². The number of hydrogen-bond acceptors (Lipinski definition) is 3. The van der Waals surface area contributed by atoms with E-state index < -0.39 is 0 Å². The molecule has 0 aliphatic heterocycles. The largest absolute Gasteiger partial charge is 0.384 e. The van der Waals surface area contributed by atoms with E-state index in [1.54, 1.807) is 17.1 Å². The Morgan fingerprint density at radius 2 is 2.25 bits per heavy atom. The third kappa shape index (κ3) is 3.46. The lowest BCUT2D eigenvalue weighted by atomic mass is 10.1. The number of rotatable bonds is 3. The minimum absolute atomic E-state index is 0.186. The van der Waals surface area contributed by atoms with Crippen molar-refractivity contribution in [2.45, 2.75) is 6.54 Å². The van der Waals surface area contributed by atoms with Crippen molar-refractivity contribution in [3.8, 4) is 11.8 Å². The van der Waals surface area contributed by atoms with Gasteiger partial charge in [-0.3, -0.25) is 4.79 Å². The van der Waals surface area contributed by atoms with Crippen LogP contribution in [0.1, 0.15) is 21.6 Å². The van der Waals surface area contributed by atoms with Crippen molar-refractivity contribution < 1.29 is 9.90 Å². The van der Waals surface area contributed by atoms with E-state index in [2.05, 4.69) is 22.1 Å². The first-order chi connectivity index (χ1) is 9.70. The summed E-state index contributed by atoms with van der Waals surface area (Å²) < 4.78 is 1.72. The first-order valence-corrected chi connectivity index (χ1v) is 6.14. The maximum absolute atomic E-state index is 11.9. The summed E-state index contributed by atoms with van der Waals surface area (Å²) in [6, 6.07) is 7.49. The van der Waals surface area contributed by atoms with Crippen LogP contribution in [0.3, 0.4) is 0 Å². The lowest BCUT2D eigenvalue weighted by Crippen LogP contribution is -2.23. The number of aryl methyl sites for hydroxylation is 1. The van der Waals surface area contributed by atoms with Crippen molar-refractivity contribution in [3.05, 3.63) is 53.6 Å². The van der Waals surface area contributed by atoms with E-state index in [0.29, 0.717) is 12.2 Å². The first kappa shape index (κ1) is 13.8. The number of hydrogen-bond donors (Lipinski definition) is 2. The molecule has 1 aromatic carbocycles. The monoisotopic (exact) mass is 269 g/mol. The molecule has 20 heavy (non-hydrogen) atoms. The second-order valence-electron chi connectivity index (χ2n) is 4.22. The zero-order valence-corrected chi connectivity index (χ0v) is 11.1. The predicted molar refractivity (Wildman–Crippen MR) is 74.8 cm³/mol. The average molecular weight is 269 g/mol. The van der Waals surface area contributed by atoms with Gasteiger partial charge in [-0.2, -0.15) is 0 Å². The molecule has 0 radical (unpaired) electrons. The van der Waals surface area contributed by atoms with Gasteiger partial charge in [-0.25, -0.2) is 4.98 Å². The maximum atomic E-state index is 11.9.